The topological polar surface area (TPSA) is 101 Å². The van der Waals surface area contributed by atoms with Gasteiger partial charge in [0, 0.05) is 6.54 Å². The van der Waals surface area contributed by atoms with Gasteiger partial charge in [-0.2, -0.15) is 0 Å². The highest BCUT2D eigenvalue weighted by molar-refractivity contribution is 6.06. The van der Waals surface area contributed by atoms with E-state index in [-0.39, 0.29) is 25.7 Å². The van der Waals surface area contributed by atoms with E-state index in [4.69, 9.17) is 5.11 Å². The third kappa shape index (κ3) is 2.76. The monoisotopic (exact) mass is 326 g/mol. The molecule has 2 atom stereocenters. The third-order valence-electron chi connectivity index (χ3n) is 4.21. The summed E-state index contributed by atoms with van der Waals surface area (Å²) in [6.45, 7) is 4.84. The largest absolute Gasteiger partial charge is 0.395 e. The fourth-order valence-electron chi connectivity index (χ4n) is 2.81. The van der Waals surface area contributed by atoms with Crippen LogP contribution in [0.5, 0.6) is 0 Å². The molecule has 0 aromatic heterocycles. The Morgan fingerprint density at radius 1 is 0.870 bits per heavy atom. The molecule has 2 rings (SSSR count). The summed E-state index contributed by atoms with van der Waals surface area (Å²) in [6, 6.07) is -2.41. The van der Waals surface area contributed by atoms with Crippen LogP contribution in [0.4, 0.5) is 9.59 Å². The molecule has 9 heteroatoms. The maximum atomic E-state index is 12.4. The van der Waals surface area contributed by atoms with Crippen LogP contribution in [0.3, 0.4) is 0 Å². The number of nitrogens with zero attached hydrogens (tertiary/aromatic N) is 4. The summed E-state index contributed by atoms with van der Waals surface area (Å²) in [5, 5.41) is 8.95. The van der Waals surface area contributed by atoms with E-state index in [0.717, 1.165) is 4.90 Å². The van der Waals surface area contributed by atoms with Crippen LogP contribution in [0.1, 0.15) is 27.2 Å². The Balaban J connectivity index is 2.15. The molecule has 2 aliphatic heterocycles. The number of β-amino-alcohol motifs (C(OH)–C–C–N with tert-alkyl or cyclic N) is 1. The van der Waals surface area contributed by atoms with Crippen molar-refractivity contribution in [2.75, 3.05) is 26.4 Å². The summed E-state index contributed by atoms with van der Waals surface area (Å²) in [5.74, 6) is -0.713. The van der Waals surface area contributed by atoms with Gasteiger partial charge in [0.05, 0.1) is 13.2 Å². The molecule has 2 saturated heterocycles. The molecule has 2 fully saturated rings. The van der Waals surface area contributed by atoms with E-state index in [1.807, 2.05) is 6.92 Å². The normalized spacial score (nSPS) is 25.4. The second-order valence-corrected chi connectivity index (χ2v) is 5.70. The number of hydrogen-bond acceptors (Lipinski definition) is 5. The average Bonchev–Trinajstić information content (AvgIpc) is 2.84. The first-order chi connectivity index (χ1) is 10.8. The number of imide groups is 2. The van der Waals surface area contributed by atoms with Gasteiger partial charge in [-0.05, 0) is 20.3 Å². The number of carbonyl (C=O) groups excluding carboxylic acids is 4. The van der Waals surface area contributed by atoms with Crippen molar-refractivity contribution in [3.05, 3.63) is 0 Å². The van der Waals surface area contributed by atoms with Gasteiger partial charge < -0.3 is 5.11 Å². The first-order valence-electron chi connectivity index (χ1n) is 7.69. The summed E-state index contributed by atoms with van der Waals surface area (Å²) in [6.07, 6.45) is 0.653. The third-order valence-corrected chi connectivity index (χ3v) is 4.21. The summed E-state index contributed by atoms with van der Waals surface area (Å²) in [7, 11) is 0. The molecule has 0 saturated carbocycles. The van der Waals surface area contributed by atoms with Crippen LogP contribution < -0.4 is 0 Å². The van der Waals surface area contributed by atoms with Gasteiger partial charge in [0.1, 0.15) is 18.8 Å². The molecule has 128 valence electrons. The van der Waals surface area contributed by atoms with Gasteiger partial charge in [-0.1, -0.05) is 6.92 Å². The van der Waals surface area contributed by atoms with E-state index in [1.54, 1.807) is 13.8 Å². The summed E-state index contributed by atoms with van der Waals surface area (Å²) >= 11 is 0. The lowest BCUT2D eigenvalue weighted by Gasteiger charge is -2.27. The Kier molecular flexibility index (Phi) is 4.88. The highest BCUT2D eigenvalue weighted by Gasteiger charge is 2.47. The number of hydrogen-bond donors (Lipinski definition) is 1. The molecule has 0 aliphatic carbocycles. The second kappa shape index (κ2) is 6.53. The smallest absolute Gasteiger partial charge is 0.328 e. The van der Waals surface area contributed by atoms with Crippen LogP contribution in [0.2, 0.25) is 0 Å². The van der Waals surface area contributed by atoms with Crippen LogP contribution in [-0.4, -0.2) is 87.0 Å². The fraction of sp³-hybridized carbons (Fsp3) is 0.714. The molecule has 1 N–H and O–H groups in total. The Hall–Kier alpha value is -2.16. The van der Waals surface area contributed by atoms with Crippen molar-refractivity contribution in [3.8, 4) is 0 Å². The van der Waals surface area contributed by atoms with Crippen molar-refractivity contribution in [1.82, 2.24) is 19.6 Å². The quantitative estimate of drug-likeness (QED) is 0.672. The second-order valence-electron chi connectivity index (χ2n) is 5.70. The summed E-state index contributed by atoms with van der Waals surface area (Å²) in [5.41, 5.74) is 0. The molecule has 0 aromatic carbocycles. The first-order valence-corrected chi connectivity index (χ1v) is 7.69. The minimum Gasteiger partial charge on any atom is -0.395 e. The molecular weight excluding hydrogens is 304 g/mol. The summed E-state index contributed by atoms with van der Waals surface area (Å²) in [4.78, 5) is 53.5. The minimum atomic E-state index is -0.732. The molecular formula is C14H22N4O5. The lowest BCUT2D eigenvalue weighted by molar-refractivity contribution is -0.128. The predicted molar refractivity (Wildman–Crippen MR) is 79.1 cm³/mol. The Bertz CT molecular complexity index is 491. The lowest BCUT2D eigenvalue weighted by atomic mass is 10.3. The van der Waals surface area contributed by atoms with Gasteiger partial charge >= 0.3 is 12.1 Å². The van der Waals surface area contributed by atoms with Crippen molar-refractivity contribution in [2.24, 2.45) is 0 Å². The zero-order chi connectivity index (χ0) is 17.3. The molecule has 9 nitrogen and oxygen atoms in total. The van der Waals surface area contributed by atoms with E-state index in [0.29, 0.717) is 13.0 Å². The number of amides is 6. The van der Waals surface area contributed by atoms with Gasteiger partial charge in [-0.15, -0.1) is 0 Å². The van der Waals surface area contributed by atoms with Crippen LogP contribution in [0.25, 0.3) is 0 Å². The number of urea groups is 2. The molecule has 23 heavy (non-hydrogen) atoms. The van der Waals surface area contributed by atoms with Crippen LogP contribution >= 0.6 is 0 Å². The molecule has 6 amide bonds. The van der Waals surface area contributed by atoms with Gasteiger partial charge in [-0.3, -0.25) is 29.2 Å². The van der Waals surface area contributed by atoms with Crippen molar-refractivity contribution in [3.63, 3.8) is 0 Å². The SMILES string of the molecule is CCCN1C(=O)C(C)N(CN2C(=O)N(CCO)C(=O)C2C)C1=O. The molecule has 0 radical (unpaired) electrons. The number of rotatable bonds is 6. The van der Waals surface area contributed by atoms with E-state index in [1.165, 1.54) is 14.7 Å². The molecule has 0 aromatic rings. The predicted octanol–water partition coefficient (Wildman–Crippen LogP) is -0.348. The molecule has 0 bridgehead atoms. The van der Waals surface area contributed by atoms with E-state index < -0.39 is 30.1 Å². The molecule has 2 aliphatic rings. The zero-order valence-corrected chi connectivity index (χ0v) is 13.6. The minimum absolute atomic E-state index is 0.0805. The number of aliphatic hydroxyl groups excluding tert-OH is 1. The first kappa shape index (κ1) is 17.2. The van der Waals surface area contributed by atoms with Crippen LogP contribution in [-0.2, 0) is 9.59 Å². The highest BCUT2D eigenvalue weighted by atomic mass is 16.3. The number of carbonyl (C=O) groups is 4. The maximum absolute atomic E-state index is 12.4. The Morgan fingerprint density at radius 3 is 1.70 bits per heavy atom. The molecule has 0 spiro atoms. The fourth-order valence-corrected chi connectivity index (χ4v) is 2.81. The number of aliphatic hydroxyl groups is 1. The molecule has 2 unspecified atom stereocenters. The van der Waals surface area contributed by atoms with Gasteiger partial charge in [0.25, 0.3) is 11.8 Å². The average molecular weight is 326 g/mol. The summed E-state index contributed by atoms with van der Waals surface area (Å²) < 4.78 is 0. The van der Waals surface area contributed by atoms with Crippen molar-refractivity contribution in [1.29, 1.82) is 0 Å². The van der Waals surface area contributed by atoms with Crippen LogP contribution in [0.15, 0.2) is 0 Å². The lowest BCUT2D eigenvalue weighted by Crippen LogP contribution is -2.47. The zero-order valence-electron chi connectivity index (χ0n) is 13.6. The molecule has 2 heterocycles. The Morgan fingerprint density at radius 2 is 1.30 bits per heavy atom. The standard InChI is InChI=1S/C14H22N4O5/c1-4-5-15-11(20)9(2)17(13(15)22)8-18-10(3)12(21)16(6-7-19)14(18)23/h9-10,19H,4-8H2,1-3H3. The van der Waals surface area contributed by atoms with Crippen molar-refractivity contribution in [2.45, 2.75) is 39.3 Å². The van der Waals surface area contributed by atoms with Crippen LogP contribution in [0, 0.1) is 0 Å². The van der Waals surface area contributed by atoms with E-state index >= 15 is 0 Å². The van der Waals surface area contributed by atoms with E-state index in [9.17, 15) is 19.2 Å². The van der Waals surface area contributed by atoms with Crippen molar-refractivity contribution >= 4 is 23.9 Å². The van der Waals surface area contributed by atoms with Crippen molar-refractivity contribution < 1.29 is 24.3 Å². The Labute approximate surface area is 134 Å². The van der Waals surface area contributed by atoms with Gasteiger partial charge in [0.2, 0.25) is 0 Å². The van der Waals surface area contributed by atoms with Gasteiger partial charge in [-0.25, -0.2) is 9.59 Å². The maximum Gasteiger partial charge on any atom is 0.328 e. The highest BCUT2D eigenvalue weighted by Crippen LogP contribution is 2.23. The van der Waals surface area contributed by atoms with Gasteiger partial charge in [0.15, 0.2) is 0 Å². The van der Waals surface area contributed by atoms with E-state index in [2.05, 4.69) is 0 Å².